The van der Waals surface area contributed by atoms with Crippen molar-refractivity contribution >= 4 is 28.9 Å². The molecule has 0 bridgehead atoms. The van der Waals surface area contributed by atoms with Crippen molar-refractivity contribution < 1.29 is 9.72 Å². The molecule has 1 aromatic rings. The van der Waals surface area contributed by atoms with Gasteiger partial charge in [0.25, 0.3) is 5.69 Å². The van der Waals surface area contributed by atoms with Crippen LogP contribution >= 0.6 is 11.6 Å². The SMILES string of the molecule is C[C@H](C(=O)Nc1ccc([N+](=O)[O-])cc1Cl)N(C)C1CCCCC1. The van der Waals surface area contributed by atoms with Crippen LogP contribution in [0.4, 0.5) is 11.4 Å². The molecule has 126 valence electrons. The lowest BCUT2D eigenvalue weighted by atomic mass is 9.93. The lowest BCUT2D eigenvalue weighted by molar-refractivity contribution is -0.384. The van der Waals surface area contributed by atoms with Gasteiger partial charge in [-0.3, -0.25) is 19.8 Å². The number of amides is 1. The number of benzene rings is 1. The molecule has 1 N–H and O–H groups in total. The number of nitro groups is 1. The second kappa shape index (κ2) is 7.75. The Morgan fingerprint density at radius 3 is 2.61 bits per heavy atom. The standard InChI is InChI=1S/C16H22ClN3O3/c1-11(19(2)12-6-4-3-5-7-12)16(21)18-15-9-8-13(20(22)23)10-14(15)17/h8-12H,3-7H2,1-2H3,(H,18,21)/t11-/m1/s1. The number of non-ortho nitro benzene ring substituents is 1. The third kappa shape index (κ3) is 4.42. The summed E-state index contributed by atoms with van der Waals surface area (Å²) < 4.78 is 0. The third-order valence-corrected chi connectivity index (χ3v) is 4.88. The van der Waals surface area contributed by atoms with Gasteiger partial charge in [-0.25, -0.2) is 0 Å². The number of nitrogens with one attached hydrogen (secondary N) is 1. The van der Waals surface area contributed by atoms with Crippen molar-refractivity contribution in [1.82, 2.24) is 4.90 Å². The molecule has 1 aromatic carbocycles. The highest BCUT2D eigenvalue weighted by molar-refractivity contribution is 6.34. The van der Waals surface area contributed by atoms with E-state index >= 15 is 0 Å². The molecular formula is C16H22ClN3O3. The minimum Gasteiger partial charge on any atom is -0.323 e. The van der Waals surface area contributed by atoms with Gasteiger partial charge in [0.2, 0.25) is 5.91 Å². The van der Waals surface area contributed by atoms with Crippen molar-refractivity contribution in [2.45, 2.75) is 51.1 Å². The Morgan fingerprint density at radius 1 is 1.39 bits per heavy atom. The number of anilines is 1. The molecule has 0 aromatic heterocycles. The minimum atomic E-state index is -0.517. The number of rotatable bonds is 5. The van der Waals surface area contributed by atoms with Crippen LogP contribution < -0.4 is 5.32 Å². The van der Waals surface area contributed by atoms with Gasteiger partial charge in [0.1, 0.15) is 0 Å². The summed E-state index contributed by atoms with van der Waals surface area (Å²) in [6.45, 7) is 1.86. The summed E-state index contributed by atoms with van der Waals surface area (Å²) in [6.07, 6.45) is 5.91. The maximum atomic E-state index is 12.4. The fraction of sp³-hybridized carbons (Fsp3) is 0.562. The summed E-state index contributed by atoms with van der Waals surface area (Å²) in [7, 11) is 1.97. The lowest BCUT2D eigenvalue weighted by Crippen LogP contribution is -2.46. The van der Waals surface area contributed by atoms with E-state index in [1.807, 2.05) is 14.0 Å². The van der Waals surface area contributed by atoms with Gasteiger partial charge >= 0.3 is 0 Å². The van der Waals surface area contributed by atoms with Crippen LogP contribution in [-0.4, -0.2) is 34.9 Å². The zero-order valence-electron chi connectivity index (χ0n) is 13.4. The molecule has 1 saturated carbocycles. The van der Waals surface area contributed by atoms with Crippen molar-refractivity contribution in [1.29, 1.82) is 0 Å². The molecule has 6 nitrogen and oxygen atoms in total. The Kier molecular flexibility index (Phi) is 5.96. The summed E-state index contributed by atoms with van der Waals surface area (Å²) in [5.74, 6) is -0.158. The molecule has 0 heterocycles. The maximum Gasteiger partial charge on any atom is 0.271 e. The normalized spacial score (nSPS) is 17.0. The van der Waals surface area contributed by atoms with Gasteiger partial charge in [-0.1, -0.05) is 30.9 Å². The Morgan fingerprint density at radius 2 is 2.04 bits per heavy atom. The van der Waals surface area contributed by atoms with E-state index < -0.39 is 4.92 Å². The molecule has 1 atom stereocenters. The molecule has 0 radical (unpaired) electrons. The van der Waals surface area contributed by atoms with Gasteiger partial charge in [-0.15, -0.1) is 0 Å². The Balaban J connectivity index is 2.01. The predicted octanol–water partition coefficient (Wildman–Crippen LogP) is 3.84. The van der Waals surface area contributed by atoms with Crippen LogP contribution in [0.1, 0.15) is 39.0 Å². The molecule has 1 aliphatic carbocycles. The van der Waals surface area contributed by atoms with E-state index in [2.05, 4.69) is 10.2 Å². The van der Waals surface area contributed by atoms with E-state index in [0.717, 1.165) is 12.8 Å². The number of carbonyl (C=O) groups is 1. The van der Waals surface area contributed by atoms with Crippen LogP contribution in [0.2, 0.25) is 5.02 Å². The van der Waals surface area contributed by atoms with Crippen molar-refractivity contribution in [3.05, 3.63) is 33.3 Å². The number of carbonyl (C=O) groups excluding carboxylic acids is 1. The Hall–Kier alpha value is -1.66. The average molecular weight is 340 g/mol. The van der Waals surface area contributed by atoms with Crippen LogP contribution in [0, 0.1) is 10.1 Å². The van der Waals surface area contributed by atoms with Crippen LogP contribution in [0.3, 0.4) is 0 Å². The predicted molar refractivity (Wildman–Crippen MR) is 90.8 cm³/mol. The highest BCUT2D eigenvalue weighted by atomic mass is 35.5. The minimum absolute atomic E-state index is 0.0969. The zero-order valence-corrected chi connectivity index (χ0v) is 14.2. The summed E-state index contributed by atoms with van der Waals surface area (Å²) in [5, 5.41) is 13.6. The number of nitrogens with zero attached hydrogens (tertiary/aromatic N) is 2. The Bertz CT molecular complexity index is 588. The number of likely N-dealkylation sites (N-methyl/N-ethyl adjacent to an activating group) is 1. The van der Waals surface area contributed by atoms with E-state index in [0.29, 0.717) is 11.7 Å². The van der Waals surface area contributed by atoms with Crippen LogP contribution in [0.5, 0.6) is 0 Å². The van der Waals surface area contributed by atoms with Crippen molar-refractivity contribution in [3.63, 3.8) is 0 Å². The summed E-state index contributed by atoms with van der Waals surface area (Å²) in [6, 6.07) is 4.18. The van der Waals surface area contributed by atoms with Gasteiger partial charge in [0.05, 0.1) is 21.7 Å². The van der Waals surface area contributed by atoms with E-state index in [4.69, 9.17) is 11.6 Å². The van der Waals surface area contributed by atoms with Gasteiger partial charge in [-0.05, 0) is 32.9 Å². The molecular weight excluding hydrogens is 318 g/mol. The second-order valence-corrected chi connectivity index (χ2v) is 6.45. The molecule has 1 aliphatic rings. The number of hydrogen-bond donors (Lipinski definition) is 1. The highest BCUT2D eigenvalue weighted by Crippen LogP contribution is 2.27. The zero-order chi connectivity index (χ0) is 17.0. The third-order valence-electron chi connectivity index (χ3n) is 4.56. The first-order chi connectivity index (χ1) is 10.9. The first-order valence-corrected chi connectivity index (χ1v) is 8.24. The first-order valence-electron chi connectivity index (χ1n) is 7.87. The number of nitro benzene ring substituents is 1. The molecule has 1 fully saturated rings. The molecule has 0 aliphatic heterocycles. The smallest absolute Gasteiger partial charge is 0.271 e. The molecule has 2 rings (SSSR count). The number of halogens is 1. The van der Waals surface area contributed by atoms with E-state index in [9.17, 15) is 14.9 Å². The lowest BCUT2D eigenvalue weighted by Gasteiger charge is -2.34. The summed E-state index contributed by atoms with van der Waals surface area (Å²) in [5.41, 5.74) is 0.298. The van der Waals surface area contributed by atoms with Gasteiger partial charge in [0.15, 0.2) is 0 Å². The van der Waals surface area contributed by atoms with Gasteiger partial charge < -0.3 is 5.32 Å². The average Bonchev–Trinajstić information content (AvgIpc) is 2.55. The van der Waals surface area contributed by atoms with Crippen LogP contribution in [-0.2, 0) is 4.79 Å². The number of hydrogen-bond acceptors (Lipinski definition) is 4. The molecule has 0 spiro atoms. The fourth-order valence-corrected chi connectivity index (χ4v) is 3.17. The maximum absolute atomic E-state index is 12.4. The molecule has 0 unspecified atom stereocenters. The Labute approximate surface area is 141 Å². The van der Waals surface area contributed by atoms with Crippen molar-refractivity contribution in [3.8, 4) is 0 Å². The molecule has 1 amide bonds. The monoisotopic (exact) mass is 339 g/mol. The second-order valence-electron chi connectivity index (χ2n) is 6.04. The molecule has 7 heteroatoms. The quantitative estimate of drug-likeness (QED) is 0.653. The fourth-order valence-electron chi connectivity index (χ4n) is 2.95. The van der Waals surface area contributed by atoms with E-state index in [1.54, 1.807) is 0 Å². The van der Waals surface area contributed by atoms with E-state index in [-0.39, 0.29) is 22.7 Å². The van der Waals surface area contributed by atoms with Gasteiger partial charge in [0, 0.05) is 18.2 Å². The van der Waals surface area contributed by atoms with Crippen molar-refractivity contribution in [2.24, 2.45) is 0 Å². The van der Waals surface area contributed by atoms with Crippen LogP contribution in [0.25, 0.3) is 0 Å². The molecule has 23 heavy (non-hydrogen) atoms. The topological polar surface area (TPSA) is 75.5 Å². The largest absolute Gasteiger partial charge is 0.323 e. The first kappa shape index (κ1) is 17.7. The summed E-state index contributed by atoms with van der Waals surface area (Å²) in [4.78, 5) is 24.7. The van der Waals surface area contributed by atoms with E-state index in [1.165, 1.54) is 37.5 Å². The van der Waals surface area contributed by atoms with Gasteiger partial charge in [-0.2, -0.15) is 0 Å². The van der Waals surface area contributed by atoms with Crippen LogP contribution in [0.15, 0.2) is 18.2 Å². The summed E-state index contributed by atoms with van der Waals surface area (Å²) >= 11 is 6.02. The van der Waals surface area contributed by atoms with Crippen molar-refractivity contribution in [2.75, 3.05) is 12.4 Å². The molecule has 0 saturated heterocycles. The highest BCUT2D eigenvalue weighted by Gasteiger charge is 2.26.